The van der Waals surface area contributed by atoms with Gasteiger partial charge in [0.05, 0.1) is 13.2 Å². The van der Waals surface area contributed by atoms with Crippen molar-refractivity contribution < 1.29 is 9.53 Å². The molecular weight excluding hydrogens is 224 g/mol. The van der Waals surface area contributed by atoms with Crippen LogP contribution in [0.1, 0.15) is 0 Å². The summed E-state index contributed by atoms with van der Waals surface area (Å²) in [5, 5.41) is 0. The molecular formula is C11H14N2O2S. The highest BCUT2D eigenvalue weighted by molar-refractivity contribution is 7.71. The first kappa shape index (κ1) is 11.3. The standard InChI is InChI=1S/C11H14N2O2S/c14-11(13-5-7-15-8-6-13)9-12-3-1-10(16)2-4-12/h1-4H,5-9H2. The topological polar surface area (TPSA) is 34.5 Å². The third-order valence-electron chi connectivity index (χ3n) is 2.54. The zero-order valence-corrected chi connectivity index (χ0v) is 9.78. The average Bonchev–Trinajstić information content (AvgIpc) is 2.33. The molecule has 1 aromatic heterocycles. The van der Waals surface area contributed by atoms with Crippen molar-refractivity contribution in [2.24, 2.45) is 0 Å². The number of carbonyl (C=O) groups is 1. The Labute approximate surface area is 99.4 Å². The Morgan fingerprint density at radius 2 is 1.94 bits per heavy atom. The van der Waals surface area contributed by atoms with Gasteiger partial charge in [0, 0.05) is 30.0 Å². The third-order valence-corrected chi connectivity index (χ3v) is 2.81. The summed E-state index contributed by atoms with van der Waals surface area (Å²) in [6.07, 6.45) is 3.67. The summed E-state index contributed by atoms with van der Waals surface area (Å²) >= 11 is 4.99. The van der Waals surface area contributed by atoms with Crippen molar-refractivity contribution in [1.29, 1.82) is 0 Å². The van der Waals surface area contributed by atoms with E-state index in [1.54, 1.807) is 0 Å². The van der Waals surface area contributed by atoms with E-state index in [2.05, 4.69) is 0 Å². The van der Waals surface area contributed by atoms with E-state index < -0.39 is 0 Å². The molecule has 0 spiro atoms. The van der Waals surface area contributed by atoms with Crippen LogP contribution in [0, 0.1) is 4.51 Å². The molecule has 16 heavy (non-hydrogen) atoms. The average molecular weight is 238 g/mol. The predicted octanol–water partition coefficient (Wildman–Crippen LogP) is 1.08. The lowest BCUT2D eigenvalue weighted by Crippen LogP contribution is -2.42. The van der Waals surface area contributed by atoms with Crippen LogP contribution in [-0.4, -0.2) is 41.7 Å². The van der Waals surface area contributed by atoms with E-state index >= 15 is 0 Å². The maximum absolute atomic E-state index is 11.9. The minimum atomic E-state index is 0.130. The lowest BCUT2D eigenvalue weighted by atomic mass is 10.4. The van der Waals surface area contributed by atoms with Crippen molar-refractivity contribution in [3.8, 4) is 0 Å². The Bertz CT molecular complexity index is 404. The number of carbonyl (C=O) groups excluding carboxylic acids is 1. The number of morpholine rings is 1. The largest absolute Gasteiger partial charge is 0.378 e. The molecule has 0 radical (unpaired) electrons. The fourth-order valence-corrected chi connectivity index (χ4v) is 1.74. The number of pyridine rings is 1. The minimum Gasteiger partial charge on any atom is -0.378 e. The van der Waals surface area contributed by atoms with Gasteiger partial charge in [-0.25, -0.2) is 0 Å². The van der Waals surface area contributed by atoms with Crippen LogP contribution in [-0.2, 0) is 16.1 Å². The molecule has 1 aliphatic rings. The monoisotopic (exact) mass is 238 g/mol. The van der Waals surface area contributed by atoms with E-state index in [0.29, 0.717) is 32.8 Å². The van der Waals surface area contributed by atoms with Crippen molar-refractivity contribution >= 4 is 18.1 Å². The summed E-state index contributed by atoms with van der Waals surface area (Å²) in [4.78, 5) is 13.7. The highest BCUT2D eigenvalue weighted by Gasteiger charge is 2.16. The molecule has 0 saturated carbocycles. The molecule has 2 heterocycles. The first-order chi connectivity index (χ1) is 7.75. The van der Waals surface area contributed by atoms with Crippen molar-refractivity contribution in [1.82, 2.24) is 9.47 Å². The maximum Gasteiger partial charge on any atom is 0.242 e. The first-order valence-electron chi connectivity index (χ1n) is 5.27. The smallest absolute Gasteiger partial charge is 0.242 e. The normalized spacial score (nSPS) is 16.1. The van der Waals surface area contributed by atoms with Gasteiger partial charge in [0.2, 0.25) is 5.91 Å². The summed E-state index contributed by atoms with van der Waals surface area (Å²) in [6, 6.07) is 3.64. The fourth-order valence-electron chi connectivity index (χ4n) is 1.62. The number of amides is 1. The van der Waals surface area contributed by atoms with Gasteiger partial charge in [-0.1, -0.05) is 12.2 Å². The van der Waals surface area contributed by atoms with Gasteiger partial charge in [0.1, 0.15) is 6.54 Å². The first-order valence-corrected chi connectivity index (χ1v) is 5.68. The lowest BCUT2D eigenvalue weighted by Gasteiger charge is -2.27. The number of aromatic nitrogens is 1. The molecule has 2 rings (SSSR count). The van der Waals surface area contributed by atoms with Crippen LogP contribution >= 0.6 is 12.2 Å². The Balaban J connectivity index is 1.95. The molecule has 1 fully saturated rings. The van der Waals surface area contributed by atoms with Crippen LogP contribution in [0.2, 0.25) is 0 Å². The molecule has 1 aromatic rings. The maximum atomic E-state index is 11.9. The molecule has 0 N–H and O–H groups in total. The molecule has 0 aromatic carbocycles. The van der Waals surface area contributed by atoms with Crippen LogP contribution in [0.4, 0.5) is 0 Å². The zero-order valence-electron chi connectivity index (χ0n) is 8.96. The van der Waals surface area contributed by atoms with E-state index in [4.69, 9.17) is 17.0 Å². The number of hydrogen-bond donors (Lipinski definition) is 0. The fraction of sp³-hybridized carbons (Fsp3) is 0.455. The summed E-state index contributed by atoms with van der Waals surface area (Å²) in [5.41, 5.74) is 0. The lowest BCUT2D eigenvalue weighted by molar-refractivity contribution is -0.135. The van der Waals surface area contributed by atoms with Gasteiger partial charge in [0.15, 0.2) is 0 Å². The summed E-state index contributed by atoms with van der Waals surface area (Å²) < 4.78 is 7.83. The minimum absolute atomic E-state index is 0.130. The SMILES string of the molecule is O=C(Cn1ccc(=S)cc1)N1CCOCC1. The van der Waals surface area contributed by atoms with Crippen LogP contribution < -0.4 is 0 Å². The van der Waals surface area contributed by atoms with Gasteiger partial charge in [-0.3, -0.25) is 4.79 Å². The molecule has 1 amide bonds. The predicted molar refractivity (Wildman–Crippen MR) is 62.7 cm³/mol. The molecule has 1 saturated heterocycles. The summed E-state index contributed by atoms with van der Waals surface area (Å²) in [7, 11) is 0. The Morgan fingerprint density at radius 3 is 2.56 bits per heavy atom. The highest BCUT2D eigenvalue weighted by Crippen LogP contribution is 2.00. The molecule has 0 unspecified atom stereocenters. The Hall–Kier alpha value is -1.20. The van der Waals surface area contributed by atoms with E-state index in [9.17, 15) is 4.79 Å². The van der Waals surface area contributed by atoms with Gasteiger partial charge in [0.25, 0.3) is 0 Å². The Morgan fingerprint density at radius 1 is 1.31 bits per heavy atom. The van der Waals surface area contributed by atoms with Gasteiger partial charge in [-0.15, -0.1) is 0 Å². The highest BCUT2D eigenvalue weighted by atomic mass is 32.1. The van der Waals surface area contributed by atoms with Gasteiger partial charge >= 0.3 is 0 Å². The second kappa shape index (κ2) is 5.23. The van der Waals surface area contributed by atoms with Crippen LogP contribution in [0.15, 0.2) is 24.5 Å². The number of nitrogens with zero attached hydrogens (tertiary/aromatic N) is 2. The van der Waals surface area contributed by atoms with Crippen molar-refractivity contribution in [2.45, 2.75) is 6.54 Å². The second-order valence-electron chi connectivity index (χ2n) is 3.70. The van der Waals surface area contributed by atoms with Crippen LogP contribution in [0.3, 0.4) is 0 Å². The van der Waals surface area contributed by atoms with E-state index in [0.717, 1.165) is 4.51 Å². The van der Waals surface area contributed by atoms with Gasteiger partial charge in [-0.2, -0.15) is 0 Å². The molecule has 0 atom stereocenters. The van der Waals surface area contributed by atoms with Crippen LogP contribution in [0.25, 0.3) is 0 Å². The molecule has 86 valence electrons. The molecule has 1 aliphatic heterocycles. The van der Waals surface area contributed by atoms with Crippen LogP contribution in [0.5, 0.6) is 0 Å². The van der Waals surface area contributed by atoms with Gasteiger partial charge in [-0.05, 0) is 12.1 Å². The number of rotatable bonds is 2. The third kappa shape index (κ3) is 2.90. The quantitative estimate of drug-likeness (QED) is 0.723. The van der Waals surface area contributed by atoms with Crippen molar-refractivity contribution in [2.75, 3.05) is 26.3 Å². The van der Waals surface area contributed by atoms with Crippen molar-refractivity contribution in [3.63, 3.8) is 0 Å². The zero-order chi connectivity index (χ0) is 11.4. The number of hydrogen-bond acceptors (Lipinski definition) is 3. The van der Waals surface area contributed by atoms with Crippen molar-refractivity contribution in [3.05, 3.63) is 29.0 Å². The van der Waals surface area contributed by atoms with E-state index in [1.165, 1.54) is 0 Å². The van der Waals surface area contributed by atoms with E-state index in [-0.39, 0.29) is 5.91 Å². The number of ether oxygens (including phenoxy) is 1. The summed E-state index contributed by atoms with van der Waals surface area (Å²) in [6.45, 7) is 3.04. The Kier molecular flexibility index (Phi) is 3.69. The van der Waals surface area contributed by atoms with Gasteiger partial charge < -0.3 is 14.2 Å². The molecule has 5 heteroatoms. The molecule has 0 aliphatic carbocycles. The molecule has 4 nitrogen and oxygen atoms in total. The second-order valence-corrected chi connectivity index (χ2v) is 4.17. The molecule has 0 bridgehead atoms. The van der Waals surface area contributed by atoms with E-state index in [1.807, 2.05) is 34.0 Å². The summed E-state index contributed by atoms with van der Waals surface area (Å²) in [5.74, 6) is 0.130.